The Morgan fingerprint density at radius 3 is 2.69 bits per heavy atom. The lowest BCUT2D eigenvalue weighted by Gasteiger charge is -2.19. The molecular weight excluding hydrogens is 180 g/mol. The molecule has 78 valence electrons. The van der Waals surface area contributed by atoms with Gasteiger partial charge in [0.2, 0.25) is 0 Å². The highest BCUT2D eigenvalue weighted by Crippen LogP contribution is 2.29. The highest BCUT2D eigenvalue weighted by molar-refractivity contribution is 7.98. The van der Waals surface area contributed by atoms with Crippen LogP contribution < -0.4 is 11.3 Å². The molecular formula is C10H22N2S. The zero-order chi connectivity index (χ0) is 9.52. The average molecular weight is 202 g/mol. The Morgan fingerprint density at radius 2 is 2.15 bits per heavy atom. The van der Waals surface area contributed by atoms with Crippen molar-refractivity contribution in [2.75, 3.05) is 12.0 Å². The maximum absolute atomic E-state index is 5.53. The molecule has 1 aliphatic carbocycles. The van der Waals surface area contributed by atoms with Gasteiger partial charge in [-0.3, -0.25) is 11.3 Å². The SMILES string of the molecule is CSCCC(CC1CCCC1)NN. The summed E-state index contributed by atoms with van der Waals surface area (Å²) in [6.07, 6.45) is 10.4. The fourth-order valence-corrected chi connectivity index (χ4v) is 2.70. The molecule has 1 atom stereocenters. The summed E-state index contributed by atoms with van der Waals surface area (Å²) < 4.78 is 0. The van der Waals surface area contributed by atoms with Crippen LogP contribution in [-0.2, 0) is 0 Å². The van der Waals surface area contributed by atoms with Crippen molar-refractivity contribution in [2.45, 2.75) is 44.6 Å². The molecule has 1 rings (SSSR count). The Bertz CT molecular complexity index is 124. The third kappa shape index (κ3) is 4.34. The summed E-state index contributed by atoms with van der Waals surface area (Å²) in [6, 6.07) is 0.551. The highest BCUT2D eigenvalue weighted by atomic mass is 32.2. The van der Waals surface area contributed by atoms with Crippen molar-refractivity contribution in [1.82, 2.24) is 5.43 Å². The summed E-state index contributed by atoms with van der Waals surface area (Å²) in [5, 5.41) is 0. The first-order chi connectivity index (χ1) is 6.36. The van der Waals surface area contributed by atoms with Gasteiger partial charge in [-0.05, 0) is 30.8 Å². The van der Waals surface area contributed by atoms with E-state index in [1.807, 2.05) is 11.8 Å². The smallest absolute Gasteiger partial charge is 0.0221 e. The molecule has 3 N–H and O–H groups in total. The van der Waals surface area contributed by atoms with Gasteiger partial charge in [-0.15, -0.1) is 0 Å². The molecule has 1 saturated carbocycles. The van der Waals surface area contributed by atoms with Crippen molar-refractivity contribution in [3.8, 4) is 0 Å². The van der Waals surface area contributed by atoms with Crippen LogP contribution in [0.5, 0.6) is 0 Å². The molecule has 1 unspecified atom stereocenters. The van der Waals surface area contributed by atoms with Crippen LogP contribution in [0.15, 0.2) is 0 Å². The Morgan fingerprint density at radius 1 is 1.46 bits per heavy atom. The van der Waals surface area contributed by atoms with Crippen LogP contribution in [0, 0.1) is 5.92 Å². The van der Waals surface area contributed by atoms with Gasteiger partial charge in [0.1, 0.15) is 0 Å². The summed E-state index contributed by atoms with van der Waals surface area (Å²) in [4.78, 5) is 0. The molecule has 0 aromatic carbocycles. The number of nitrogens with two attached hydrogens (primary N) is 1. The van der Waals surface area contributed by atoms with Gasteiger partial charge in [0.15, 0.2) is 0 Å². The largest absolute Gasteiger partial charge is 0.271 e. The molecule has 1 fully saturated rings. The number of hydrazine groups is 1. The van der Waals surface area contributed by atoms with E-state index >= 15 is 0 Å². The third-order valence-corrected chi connectivity index (χ3v) is 3.64. The molecule has 0 aromatic rings. The maximum atomic E-state index is 5.53. The van der Waals surface area contributed by atoms with Crippen LogP contribution in [0.2, 0.25) is 0 Å². The zero-order valence-corrected chi connectivity index (χ0v) is 9.41. The van der Waals surface area contributed by atoms with Crippen molar-refractivity contribution in [2.24, 2.45) is 11.8 Å². The lowest BCUT2D eigenvalue weighted by atomic mass is 9.97. The van der Waals surface area contributed by atoms with Gasteiger partial charge in [-0.1, -0.05) is 25.7 Å². The van der Waals surface area contributed by atoms with E-state index in [0.29, 0.717) is 6.04 Å². The Kier molecular flexibility index (Phi) is 5.83. The molecule has 0 radical (unpaired) electrons. The molecule has 0 heterocycles. The molecule has 0 aromatic heterocycles. The second kappa shape index (κ2) is 6.68. The predicted molar refractivity (Wildman–Crippen MR) is 60.7 cm³/mol. The number of nitrogens with one attached hydrogen (secondary N) is 1. The lowest BCUT2D eigenvalue weighted by molar-refractivity contribution is 0.385. The number of rotatable bonds is 6. The second-order valence-corrected chi connectivity index (χ2v) is 5.02. The topological polar surface area (TPSA) is 38.0 Å². The van der Waals surface area contributed by atoms with Crippen LogP contribution in [-0.4, -0.2) is 18.1 Å². The lowest BCUT2D eigenvalue weighted by Crippen LogP contribution is -2.36. The average Bonchev–Trinajstić information content (AvgIpc) is 2.64. The Hall–Kier alpha value is 0.270. The Balaban J connectivity index is 2.13. The van der Waals surface area contributed by atoms with Gasteiger partial charge < -0.3 is 0 Å². The minimum atomic E-state index is 0.551. The summed E-state index contributed by atoms with van der Waals surface area (Å²) >= 11 is 1.91. The third-order valence-electron chi connectivity index (χ3n) is 3.00. The fraction of sp³-hybridized carbons (Fsp3) is 1.00. The van der Waals surface area contributed by atoms with E-state index in [-0.39, 0.29) is 0 Å². The van der Waals surface area contributed by atoms with E-state index in [0.717, 1.165) is 5.92 Å². The molecule has 0 aliphatic heterocycles. The monoisotopic (exact) mass is 202 g/mol. The van der Waals surface area contributed by atoms with Gasteiger partial charge in [-0.25, -0.2) is 0 Å². The van der Waals surface area contributed by atoms with Crippen molar-refractivity contribution in [3.05, 3.63) is 0 Å². The van der Waals surface area contributed by atoms with Crippen LogP contribution in [0.3, 0.4) is 0 Å². The van der Waals surface area contributed by atoms with E-state index in [9.17, 15) is 0 Å². The molecule has 0 saturated heterocycles. The highest BCUT2D eigenvalue weighted by Gasteiger charge is 2.18. The van der Waals surface area contributed by atoms with E-state index in [2.05, 4.69) is 11.7 Å². The minimum Gasteiger partial charge on any atom is -0.271 e. The van der Waals surface area contributed by atoms with Gasteiger partial charge >= 0.3 is 0 Å². The van der Waals surface area contributed by atoms with Crippen molar-refractivity contribution in [1.29, 1.82) is 0 Å². The van der Waals surface area contributed by atoms with E-state index in [4.69, 9.17) is 5.84 Å². The molecule has 0 amide bonds. The van der Waals surface area contributed by atoms with Gasteiger partial charge in [0.05, 0.1) is 0 Å². The summed E-state index contributed by atoms with van der Waals surface area (Å²) in [6.45, 7) is 0. The number of hydrogen-bond donors (Lipinski definition) is 2. The van der Waals surface area contributed by atoms with Gasteiger partial charge in [0, 0.05) is 6.04 Å². The van der Waals surface area contributed by atoms with Crippen LogP contribution in [0.25, 0.3) is 0 Å². The fourth-order valence-electron chi connectivity index (χ4n) is 2.18. The molecule has 0 bridgehead atoms. The molecule has 2 nitrogen and oxygen atoms in total. The zero-order valence-electron chi connectivity index (χ0n) is 8.59. The van der Waals surface area contributed by atoms with Gasteiger partial charge in [0.25, 0.3) is 0 Å². The second-order valence-electron chi connectivity index (χ2n) is 4.03. The van der Waals surface area contributed by atoms with Crippen molar-refractivity contribution < 1.29 is 0 Å². The molecule has 13 heavy (non-hydrogen) atoms. The van der Waals surface area contributed by atoms with E-state index in [1.54, 1.807) is 0 Å². The summed E-state index contributed by atoms with van der Waals surface area (Å²) in [7, 11) is 0. The van der Waals surface area contributed by atoms with Gasteiger partial charge in [-0.2, -0.15) is 11.8 Å². The standard InChI is InChI=1S/C10H22N2S/c1-13-7-6-10(12-11)8-9-4-2-3-5-9/h9-10,12H,2-8,11H2,1H3. The van der Waals surface area contributed by atoms with Crippen LogP contribution in [0.4, 0.5) is 0 Å². The Labute approximate surface area is 86.0 Å². The van der Waals surface area contributed by atoms with Crippen LogP contribution in [0.1, 0.15) is 38.5 Å². The normalized spacial score (nSPS) is 20.8. The first kappa shape index (κ1) is 11.3. The van der Waals surface area contributed by atoms with Crippen molar-refractivity contribution >= 4 is 11.8 Å². The molecule has 0 spiro atoms. The predicted octanol–water partition coefficient (Wildman–Crippen LogP) is 2.15. The molecule has 1 aliphatic rings. The number of hydrogen-bond acceptors (Lipinski definition) is 3. The minimum absolute atomic E-state index is 0.551. The number of thioether (sulfide) groups is 1. The first-order valence-electron chi connectivity index (χ1n) is 5.32. The molecule has 3 heteroatoms. The quantitative estimate of drug-likeness (QED) is 0.512. The first-order valence-corrected chi connectivity index (χ1v) is 6.71. The van der Waals surface area contributed by atoms with E-state index in [1.165, 1.54) is 44.3 Å². The van der Waals surface area contributed by atoms with E-state index < -0.39 is 0 Å². The summed E-state index contributed by atoms with van der Waals surface area (Å²) in [5.41, 5.74) is 2.95. The summed E-state index contributed by atoms with van der Waals surface area (Å²) in [5.74, 6) is 7.70. The van der Waals surface area contributed by atoms with Crippen molar-refractivity contribution in [3.63, 3.8) is 0 Å². The van der Waals surface area contributed by atoms with Crippen LogP contribution >= 0.6 is 11.8 Å². The maximum Gasteiger partial charge on any atom is 0.0221 e.